The lowest BCUT2D eigenvalue weighted by Crippen LogP contribution is -2.06. The van der Waals surface area contributed by atoms with Crippen molar-refractivity contribution in [2.75, 3.05) is 0 Å². The van der Waals surface area contributed by atoms with Crippen LogP contribution in [0.5, 0.6) is 0 Å². The third kappa shape index (κ3) is 2.30. The van der Waals surface area contributed by atoms with Crippen molar-refractivity contribution in [2.45, 2.75) is 13.3 Å². The molecule has 8 heteroatoms. The molecule has 1 heterocycles. The maximum absolute atomic E-state index is 12.6. The highest BCUT2D eigenvalue weighted by atomic mass is 35.5. The summed E-state index contributed by atoms with van der Waals surface area (Å²) in [5.74, 6) is -0.741. The summed E-state index contributed by atoms with van der Waals surface area (Å²) < 4.78 is 25.1. The summed E-state index contributed by atoms with van der Waals surface area (Å²) in [6.45, 7) is 1.20. The Labute approximate surface area is 93.2 Å². The zero-order valence-corrected chi connectivity index (χ0v) is 8.66. The van der Waals surface area contributed by atoms with E-state index in [2.05, 4.69) is 4.98 Å². The summed E-state index contributed by atoms with van der Waals surface area (Å²) in [7, 11) is 0. The molecule has 0 fully saturated rings. The Morgan fingerprint density at radius 1 is 1.62 bits per heavy atom. The fraction of sp³-hybridized carbons (Fsp3) is 0.250. The van der Waals surface area contributed by atoms with E-state index in [0.717, 1.165) is 0 Å². The van der Waals surface area contributed by atoms with Crippen LogP contribution in [0.2, 0.25) is 0 Å². The van der Waals surface area contributed by atoms with Gasteiger partial charge in [-0.1, -0.05) is 0 Å². The maximum atomic E-state index is 12.6. The minimum Gasteiger partial charge on any atom is -0.358 e. The molecular formula is C8H5ClF2N2O3. The van der Waals surface area contributed by atoms with Crippen LogP contribution in [0.25, 0.3) is 0 Å². The topological polar surface area (TPSA) is 73.1 Å². The lowest BCUT2D eigenvalue weighted by atomic mass is 10.1. The number of carbonyl (C=O) groups is 1. The van der Waals surface area contributed by atoms with E-state index in [1.807, 2.05) is 0 Å². The largest absolute Gasteiger partial charge is 0.364 e. The molecule has 0 aromatic carbocycles. The summed E-state index contributed by atoms with van der Waals surface area (Å²) in [4.78, 5) is 23.8. The van der Waals surface area contributed by atoms with Gasteiger partial charge in [0, 0.05) is 18.6 Å². The number of rotatable bonds is 3. The van der Waals surface area contributed by atoms with Crippen molar-refractivity contribution in [3.8, 4) is 0 Å². The monoisotopic (exact) mass is 250 g/mol. The number of alkyl halides is 2. The molecule has 0 aliphatic rings. The Kier molecular flexibility index (Phi) is 3.48. The minimum atomic E-state index is -3.03. The van der Waals surface area contributed by atoms with Gasteiger partial charge in [0.15, 0.2) is 5.69 Å². The van der Waals surface area contributed by atoms with Gasteiger partial charge in [-0.3, -0.25) is 4.79 Å². The molecule has 0 aliphatic carbocycles. The van der Waals surface area contributed by atoms with Crippen LogP contribution in [0, 0.1) is 17.0 Å². The van der Waals surface area contributed by atoms with Crippen molar-refractivity contribution < 1.29 is 18.5 Å². The van der Waals surface area contributed by atoms with Crippen LogP contribution >= 0.6 is 11.6 Å². The summed E-state index contributed by atoms with van der Waals surface area (Å²) in [5.41, 5.74) is -1.45. The van der Waals surface area contributed by atoms with Crippen molar-refractivity contribution >= 4 is 22.7 Å². The molecule has 1 rings (SSSR count). The number of hydrogen-bond donors (Lipinski definition) is 0. The fourth-order valence-corrected chi connectivity index (χ4v) is 1.45. The van der Waals surface area contributed by atoms with Crippen LogP contribution in [-0.4, -0.2) is 15.1 Å². The molecule has 0 saturated carbocycles. The van der Waals surface area contributed by atoms with Gasteiger partial charge in [-0.05, 0) is 21.5 Å². The number of nitro groups is 1. The zero-order chi connectivity index (χ0) is 12.5. The molecule has 0 atom stereocenters. The van der Waals surface area contributed by atoms with E-state index in [9.17, 15) is 23.7 Å². The van der Waals surface area contributed by atoms with Crippen LogP contribution in [0.1, 0.15) is 28.0 Å². The first-order valence-corrected chi connectivity index (χ1v) is 4.36. The second-order valence-corrected chi connectivity index (χ2v) is 3.20. The Morgan fingerprint density at radius 3 is 2.56 bits per heavy atom. The van der Waals surface area contributed by atoms with Crippen molar-refractivity contribution in [3.63, 3.8) is 0 Å². The molecule has 5 nitrogen and oxygen atoms in total. The Morgan fingerprint density at radius 2 is 2.19 bits per heavy atom. The molecule has 0 radical (unpaired) electrons. The lowest BCUT2D eigenvalue weighted by Gasteiger charge is -2.05. The Balaban J connectivity index is 3.51. The molecule has 0 N–H and O–H groups in total. The molecule has 16 heavy (non-hydrogen) atoms. The average molecular weight is 251 g/mol. The highest BCUT2D eigenvalue weighted by Crippen LogP contribution is 2.28. The van der Waals surface area contributed by atoms with Gasteiger partial charge >= 0.3 is 5.82 Å². The average Bonchev–Trinajstić information content (AvgIpc) is 2.15. The predicted octanol–water partition coefficient (Wildman–Crippen LogP) is 2.61. The normalized spacial score (nSPS) is 10.6. The standard InChI is InChI=1S/C8H5ClF2N2O3/c1-3-6(7(9)14)4(8(10)11)2-5(12-3)13(15)16/h2,8H,1H3. The number of carbonyl (C=O) groups excluding carboxylic acids is 1. The third-order valence-electron chi connectivity index (χ3n) is 1.84. The van der Waals surface area contributed by atoms with Gasteiger partial charge in [0.1, 0.15) is 0 Å². The van der Waals surface area contributed by atoms with Crippen LogP contribution < -0.4 is 0 Å². The van der Waals surface area contributed by atoms with E-state index >= 15 is 0 Å². The van der Waals surface area contributed by atoms with E-state index in [-0.39, 0.29) is 5.69 Å². The van der Waals surface area contributed by atoms with Crippen molar-refractivity contribution in [1.82, 2.24) is 4.98 Å². The smallest absolute Gasteiger partial charge is 0.358 e. The summed E-state index contributed by atoms with van der Waals surface area (Å²) in [6, 6.07) is 0.549. The first kappa shape index (κ1) is 12.4. The first-order chi connectivity index (χ1) is 7.34. The number of pyridine rings is 1. The van der Waals surface area contributed by atoms with Crippen LogP contribution in [0.3, 0.4) is 0 Å². The molecular weight excluding hydrogens is 246 g/mol. The highest BCUT2D eigenvalue weighted by Gasteiger charge is 2.26. The van der Waals surface area contributed by atoms with Gasteiger partial charge in [0.05, 0.1) is 5.56 Å². The third-order valence-corrected chi connectivity index (χ3v) is 2.03. The molecule has 0 aliphatic heterocycles. The lowest BCUT2D eigenvalue weighted by molar-refractivity contribution is -0.389. The molecule has 0 amide bonds. The van der Waals surface area contributed by atoms with Crippen molar-refractivity contribution in [3.05, 3.63) is 33.0 Å². The van der Waals surface area contributed by atoms with Gasteiger partial charge in [0.2, 0.25) is 0 Å². The number of halogens is 3. The van der Waals surface area contributed by atoms with Gasteiger partial charge < -0.3 is 10.1 Å². The van der Waals surface area contributed by atoms with Crippen LogP contribution in [0.4, 0.5) is 14.6 Å². The first-order valence-electron chi connectivity index (χ1n) is 3.98. The SMILES string of the molecule is Cc1nc([N+](=O)[O-])cc(C(F)F)c1C(=O)Cl. The second kappa shape index (κ2) is 4.48. The molecule has 0 bridgehead atoms. The molecule has 0 spiro atoms. The van der Waals surface area contributed by atoms with Crippen molar-refractivity contribution in [2.24, 2.45) is 0 Å². The summed E-state index contributed by atoms with van der Waals surface area (Å²) in [5, 5.41) is 9.27. The van der Waals surface area contributed by atoms with Gasteiger partial charge in [-0.15, -0.1) is 0 Å². The molecule has 1 aromatic heterocycles. The number of aryl methyl sites for hydroxylation is 1. The van der Waals surface area contributed by atoms with E-state index < -0.39 is 33.5 Å². The van der Waals surface area contributed by atoms with Crippen LogP contribution in [0.15, 0.2) is 6.07 Å². The highest BCUT2D eigenvalue weighted by molar-refractivity contribution is 6.68. The van der Waals surface area contributed by atoms with Crippen LogP contribution in [-0.2, 0) is 0 Å². The Bertz CT molecular complexity index is 465. The van der Waals surface area contributed by atoms with E-state index in [1.165, 1.54) is 6.92 Å². The van der Waals surface area contributed by atoms with E-state index in [1.54, 1.807) is 0 Å². The molecule has 86 valence electrons. The Hall–Kier alpha value is -1.63. The predicted molar refractivity (Wildman–Crippen MR) is 50.8 cm³/mol. The maximum Gasteiger partial charge on any atom is 0.364 e. The molecule has 1 aromatic rings. The van der Waals surface area contributed by atoms with E-state index in [0.29, 0.717) is 6.07 Å². The number of nitrogens with zero attached hydrogens (tertiary/aromatic N) is 2. The molecule has 0 saturated heterocycles. The molecule has 0 unspecified atom stereocenters. The fourth-order valence-electron chi connectivity index (χ4n) is 1.20. The quantitative estimate of drug-likeness (QED) is 0.469. The minimum absolute atomic E-state index is 0.190. The number of hydrogen-bond acceptors (Lipinski definition) is 4. The van der Waals surface area contributed by atoms with Crippen molar-refractivity contribution in [1.29, 1.82) is 0 Å². The van der Waals surface area contributed by atoms with Gasteiger partial charge in [0.25, 0.3) is 11.7 Å². The number of aromatic nitrogens is 1. The second-order valence-electron chi connectivity index (χ2n) is 2.86. The zero-order valence-electron chi connectivity index (χ0n) is 7.91. The van der Waals surface area contributed by atoms with E-state index in [4.69, 9.17) is 11.6 Å². The summed E-state index contributed by atoms with van der Waals surface area (Å²) >= 11 is 5.11. The van der Waals surface area contributed by atoms with Gasteiger partial charge in [-0.25, -0.2) is 8.78 Å². The van der Waals surface area contributed by atoms with Gasteiger partial charge in [-0.2, -0.15) is 0 Å². The summed E-state index contributed by atoms with van der Waals surface area (Å²) in [6.07, 6.45) is -3.03.